The first-order valence-electron chi connectivity index (χ1n) is 4.02. The summed E-state index contributed by atoms with van der Waals surface area (Å²) in [5, 5.41) is 3.94. The van der Waals surface area contributed by atoms with E-state index >= 15 is 0 Å². The lowest BCUT2D eigenvalue weighted by atomic mass is 10.2. The summed E-state index contributed by atoms with van der Waals surface area (Å²) in [6, 6.07) is 0. The van der Waals surface area contributed by atoms with Gasteiger partial charge in [0.1, 0.15) is 5.56 Å². The van der Waals surface area contributed by atoms with Crippen molar-refractivity contribution < 1.29 is 9.53 Å². The van der Waals surface area contributed by atoms with E-state index in [4.69, 9.17) is 4.74 Å². The van der Waals surface area contributed by atoms with Gasteiger partial charge in [-0.25, -0.2) is 4.79 Å². The van der Waals surface area contributed by atoms with E-state index in [1.165, 1.54) is 6.20 Å². The van der Waals surface area contributed by atoms with Crippen LogP contribution in [0.3, 0.4) is 0 Å². The molecular weight excluding hydrogens is 168 g/mol. The number of nitrogens with zero attached hydrogens (tertiary/aromatic N) is 2. The zero-order chi connectivity index (χ0) is 9.84. The number of aryl methyl sites for hydroxylation is 1. The molecule has 0 aromatic carbocycles. The summed E-state index contributed by atoms with van der Waals surface area (Å²) >= 11 is 0. The van der Waals surface area contributed by atoms with Gasteiger partial charge in [-0.3, -0.25) is 4.68 Å². The van der Waals surface area contributed by atoms with Crippen LogP contribution in [0.1, 0.15) is 23.0 Å². The van der Waals surface area contributed by atoms with Crippen LogP contribution in [0.25, 0.3) is 6.08 Å². The lowest BCUT2D eigenvalue weighted by Crippen LogP contribution is -2.06. The van der Waals surface area contributed by atoms with E-state index in [1.54, 1.807) is 24.7 Å². The third-order valence-electron chi connectivity index (χ3n) is 1.67. The number of aromatic nitrogens is 2. The first-order valence-corrected chi connectivity index (χ1v) is 4.02. The molecule has 4 heteroatoms. The first kappa shape index (κ1) is 9.51. The standard InChI is InChI=1S/C9H12N2O2/c1-4-8-7(6-10-11(8)3)9(12)13-5-2/h4,6H,1,5H2,2-3H3. The molecule has 0 saturated heterocycles. The summed E-state index contributed by atoms with van der Waals surface area (Å²) in [6.07, 6.45) is 3.06. The van der Waals surface area contributed by atoms with Gasteiger partial charge >= 0.3 is 5.97 Å². The van der Waals surface area contributed by atoms with Gasteiger partial charge in [-0.15, -0.1) is 0 Å². The Labute approximate surface area is 76.8 Å². The number of hydrogen-bond acceptors (Lipinski definition) is 3. The third-order valence-corrected chi connectivity index (χ3v) is 1.67. The minimum Gasteiger partial charge on any atom is -0.462 e. The van der Waals surface area contributed by atoms with E-state index in [2.05, 4.69) is 11.7 Å². The summed E-state index contributed by atoms with van der Waals surface area (Å²) < 4.78 is 6.43. The molecule has 0 unspecified atom stereocenters. The highest BCUT2D eigenvalue weighted by atomic mass is 16.5. The molecule has 0 aliphatic heterocycles. The summed E-state index contributed by atoms with van der Waals surface area (Å²) in [6.45, 7) is 5.73. The van der Waals surface area contributed by atoms with Gasteiger partial charge in [-0.2, -0.15) is 5.10 Å². The summed E-state index contributed by atoms with van der Waals surface area (Å²) in [5.74, 6) is -0.356. The Hall–Kier alpha value is -1.58. The second-order valence-electron chi connectivity index (χ2n) is 2.49. The van der Waals surface area contributed by atoms with Crippen LogP contribution < -0.4 is 0 Å². The lowest BCUT2D eigenvalue weighted by molar-refractivity contribution is 0.0526. The van der Waals surface area contributed by atoms with Gasteiger partial charge in [0.25, 0.3) is 0 Å². The fourth-order valence-electron chi connectivity index (χ4n) is 1.06. The van der Waals surface area contributed by atoms with Gasteiger partial charge in [-0.1, -0.05) is 6.58 Å². The topological polar surface area (TPSA) is 44.1 Å². The average Bonchev–Trinajstić information content (AvgIpc) is 2.47. The molecule has 1 aromatic rings. The molecule has 0 N–H and O–H groups in total. The minimum absolute atomic E-state index is 0.356. The maximum atomic E-state index is 11.3. The second-order valence-corrected chi connectivity index (χ2v) is 2.49. The Kier molecular flexibility index (Phi) is 2.84. The molecule has 1 rings (SSSR count). The van der Waals surface area contributed by atoms with Crippen LogP contribution in [-0.4, -0.2) is 22.4 Å². The van der Waals surface area contributed by atoms with E-state index < -0.39 is 0 Å². The molecule has 0 bridgehead atoms. The van der Waals surface area contributed by atoms with Crippen molar-refractivity contribution in [1.29, 1.82) is 0 Å². The van der Waals surface area contributed by atoms with Crippen LogP contribution in [0.2, 0.25) is 0 Å². The van der Waals surface area contributed by atoms with Crippen molar-refractivity contribution in [2.75, 3.05) is 6.61 Å². The van der Waals surface area contributed by atoms with Crippen molar-refractivity contribution >= 4 is 12.0 Å². The smallest absolute Gasteiger partial charge is 0.341 e. The van der Waals surface area contributed by atoms with E-state index in [9.17, 15) is 4.79 Å². The molecule has 70 valence electrons. The summed E-state index contributed by atoms with van der Waals surface area (Å²) in [5.41, 5.74) is 1.14. The quantitative estimate of drug-likeness (QED) is 0.657. The van der Waals surface area contributed by atoms with Crippen LogP contribution in [0.15, 0.2) is 12.8 Å². The van der Waals surface area contributed by atoms with Crippen molar-refractivity contribution in [2.24, 2.45) is 7.05 Å². The van der Waals surface area contributed by atoms with Gasteiger partial charge in [0.05, 0.1) is 18.5 Å². The molecule has 0 atom stereocenters. The predicted octanol–water partition coefficient (Wildman–Crippen LogP) is 1.24. The number of carbonyl (C=O) groups excluding carboxylic acids is 1. The van der Waals surface area contributed by atoms with Crippen molar-refractivity contribution in [1.82, 2.24) is 9.78 Å². The molecule has 13 heavy (non-hydrogen) atoms. The number of carbonyl (C=O) groups is 1. The zero-order valence-electron chi connectivity index (χ0n) is 7.78. The largest absolute Gasteiger partial charge is 0.462 e. The van der Waals surface area contributed by atoms with E-state index in [0.29, 0.717) is 17.9 Å². The van der Waals surface area contributed by atoms with Crippen LogP contribution in [0, 0.1) is 0 Å². The molecule has 4 nitrogen and oxygen atoms in total. The number of hydrogen-bond donors (Lipinski definition) is 0. The van der Waals surface area contributed by atoms with Crippen molar-refractivity contribution in [3.05, 3.63) is 24.0 Å². The molecule has 0 fully saturated rings. The lowest BCUT2D eigenvalue weighted by Gasteiger charge is -2.00. The molecule has 1 heterocycles. The maximum absolute atomic E-state index is 11.3. The fraction of sp³-hybridized carbons (Fsp3) is 0.333. The molecule has 0 amide bonds. The van der Waals surface area contributed by atoms with Gasteiger partial charge in [0, 0.05) is 7.05 Å². The van der Waals surface area contributed by atoms with E-state index in [0.717, 1.165) is 0 Å². The van der Waals surface area contributed by atoms with Crippen molar-refractivity contribution in [3.63, 3.8) is 0 Å². The number of esters is 1. The van der Waals surface area contributed by atoms with Gasteiger partial charge in [-0.05, 0) is 13.0 Å². The molecular formula is C9H12N2O2. The van der Waals surface area contributed by atoms with Crippen molar-refractivity contribution in [2.45, 2.75) is 6.92 Å². The van der Waals surface area contributed by atoms with Gasteiger partial charge in [0.15, 0.2) is 0 Å². The van der Waals surface area contributed by atoms with Crippen LogP contribution in [0.5, 0.6) is 0 Å². The Morgan fingerprint density at radius 1 is 1.85 bits per heavy atom. The highest BCUT2D eigenvalue weighted by Gasteiger charge is 2.14. The Morgan fingerprint density at radius 2 is 2.54 bits per heavy atom. The Balaban J connectivity index is 3.00. The van der Waals surface area contributed by atoms with Crippen LogP contribution in [0.4, 0.5) is 0 Å². The van der Waals surface area contributed by atoms with Gasteiger partial charge in [0.2, 0.25) is 0 Å². The molecule has 0 aliphatic carbocycles. The second kappa shape index (κ2) is 3.89. The Morgan fingerprint density at radius 3 is 3.08 bits per heavy atom. The molecule has 0 aliphatic rings. The number of rotatable bonds is 3. The van der Waals surface area contributed by atoms with Crippen LogP contribution in [-0.2, 0) is 11.8 Å². The summed E-state index contributed by atoms with van der Waals surface area (Å²) in [4.78, 5) is 11.3. The molecule has 0 saturated carbocycles. The first-order chi connectivity index (χ1) is 6.20. The van der Waals surface area contributed by atoms with E-state index in [-0.39, 0.29) is 5.97 Å². The van der Waals surface area contributed by atoms with E-state index in [1.807, 2.05) is 0 Å². The highest BCUT2D eigenvalue weighted by molar-refractivity contribution is 5.92. The fourth-order valence-corrected chi connectivity index (χ4v) is 1.06. The third kappa shape index (κ3) is 1.77. The maximum Gasteiger partial charge on any atom is 0.341 e. The normalized spacial score (nSPS) is 9.69. The zero-order valence-corrected chi connectivity index (χ0v) is 7.78. The van der Waals surface area contributed by atoms with Crippen molar-refractivity contribution in [3.8, 4) is 0 Å². The minimum atomic E-state index is -0.356. The van der Waals surface area contributed by atoms with Gasteiger partial charge < -0.3 is 4.74 Å². The molecule has 0 spiro atoms. The molecule has 1 aromatic heterocycles. The molecule has 0 radical (unpaired) electrons. The predicted molar refractivity (Wildman–Crippen MR) is 49.3 cm³/mol. The van der Waals surface area contributed by atoms with Crippen LogP contribution >= 0.6 is 0 Å². The Bertz CT molecular complexity index is 328. The highest BCUT2D eigenvalue weighted by Crippen LogP contribution is 2.09. The SMILES string of the molecule is C=Cc1c(C(=O)OCC)cnn1C. The summed E-state index contributed by atoms with van der Waals surface area (Å²) in [7, 11) is 1.75. The monoisotopic (exact) mass is 180 g/mol. The average molecular weight is 180 g/mol. The number of ether oxygens (including phenoxy) is 1.